The van der Waals surface area contributed by atoms with E-state index in [1.165, 1.54) is 0 Å². The highest BCUT2D eigenvalue weighted by Crippen LogP contribution is 2.40. The molecule has 0 aromatic carbocycles. The minimum absolute atomic E-state index is 0.142. The van der Waals surface area contributed by atoms with Crippen LogP contribution in [0.1, 0.15) is 19.3 Å². The third kappa shape index (κ3) is 3.24. The van der Waals surface area contributed by atoms with Crippen LogP contribution in [0.4, 0.5) is 22.0 Å². The zero-order valence-corrected chi connectivity index (χ0v) is 7.71. The fourth-order valence-electron chi connectivity index (χ4n) is 1.29. The lowest BCUT2D eigenvalue weighted by Gasteiger charge is -2.23. The summed E-state index contributed by atoms with van der Waals surface area (Å²) in [4.78, 5) is 0. The molecule has 14 heavy (non-hydrogen) atoms. The van der Waals surface area contributed by atoms with Gasteiger partial charge in [-0.1, -0.05) is 11.6 Å². The monoisotopic (exact) mass is 238 g/mol. The van der Waals surface area contributed by atoms with Crippen LogP contribution in [0.2, 0.25) is 0 Å². The molecule has 0 aromatic rings. The molecule has 2 unspecified atom stereocenters. The zero-order chi connectivity index (χ0) is 11.0. The highest BCUT2D eigenvalue weighted by Gasteiger charge is 2.51. The first kappa shape index (κ1) is 12.0. The van der Waals surface area contributed by atoms with Gasteiger partial charge in [-0.2, -0.15) is 13.2 Å². The van der Waals surface area contributed by atoms with Gasteiger partial charge in [0.05, 0.1) is 0 Å². The Hall–Kier alpha value is -0.100. The summed E-state index contributed by atoms with van der Waals surface area (Å²) < 4.78 is 65.5. The SMILES string of the molecule is FC(F)(F)CC(F)(F)C1CCC(Cl)O1. The number of ether oxygens (including phenoxy) is 1. The van der Waals surface area contributed by atoms with Gasteiger partial charge in [0.25, 0.3) is 5.92 Å². The maximum absolute atomic E-state index is 12.9. The molecular formula is C7H8ClF5O. The van der Waals surface area contributed by atoms with E-state index in [1.54, 1.807) is 0 Å². The van der Waals surface area contributed by atoms with Crippen molar-refractivity contribution in [3.8, 4) is 0 Å². The van der Waals surface area contributed by atoms with Crippen molar-refractivity contribution in [2.45, 2.75) is 43.0 Å². The molecule has 1 aliphatic heterocycles. The van der Waals surface area contributed by atoms with E-state index in [2.05, 4.69) is 4.74 Å². The van der Waals surface area contributed by atoms with Gasteiger partial charge >= 0.3 is 6.18 Å². The maximum Gasteiger partial charge on any atom is 0.394 e. The van der Waals surface area contributed by atoms with Gasteiger partial charge < -0.3 is 4.74 Å². The van der Waals surface area contributed by atoms with E-state index in [9.17, 15) is 22.0 Å². The summed E-state index contributed by atoms with van der Waals surface area (Å²) in [6.07, 6.45) is -8.76. The highest BCUT2D eigenvalue weighted by atomic mass is 35.5. The molecule has 0 spiro atoms. The molecule has 0 aromatic heterocycles. The van der Waals surface area contributed by atoms with Crippen molar-refractivity contribution in [2.75, 3.05) is 0 Å². The van der Waals surface area contributed by atoms with Crippen LogP contribution in [0.25, 0.3) is 0 Å². The molecule has 1 aliphatic rings. The Bertz CT molecular complexity index is 205. The minimum atomic E-state index is -4.89. The molecule has 1 heterocycles. The first-order valence-electron chi connectivity index (χ1n) is 3.95. The van der Waals surface area contributed by atoms with E-state index < -0.39 is 30.2 Å². The Balaban J connectivity index is 2.56. The molecule has 0 saturated carbocycles. The average molecular weight is 239 g/mol. The summed E-state index contributed by atoms with van der Waals surface area (Å²) >= 11 is 5.35. The van der Waals surface area contributed by atoms with E-state index >= 15 is 0 Å². The van der Waals surface area contributed by atoms with Gasteiger partial charge in [0.15, 0.2) is 0 Å². The van der Waals surface area contributed by atoms with Crippen molar-refractivity contribution in [2.24, 2.45) is 0 Å². The van der Waals surface area contributed by atoms with Crippen LogP contribution in [-0.2, 0) is 4.74 Å². The van der Waals surface area contributed by atoms with Crippen LogP contribution in [0.3, 0.4) is 0 Å². The predicted octanol–water partition coefficient (Wildman–Crippen LogP) is 3.32. The van der Waals surface area contributed by atoms with Crippen molar-refractivity contribution >= 4 is 11.6 Å². The number of hydrogen-bond acceptors (Lipinski definition) is 1. The molecule has 0 amide bonds. The standard InChI is InChI=1S/C7H8ClF5O/c8-5-2-1-4(14-5)6(9,10)3-7(11,12)13/h4-5H,1-3H2. The van der Waals surface area contributed by atoms with Gasteiger partial charge in [0, 0.05) is 0 Å². The van der Waals surface area contributed by atoms with Crippen molar-refractivity contribution in [1.29, 1.82) is 0 Å². The predicted molar refractivity (Wildman–Crippen MR) is 39.4 cm³/mol. The van der Waals surface area contributed by atoms with Gasteiger partial charge in [0.2, 0.25) is 0 Å². The van der Waals surface area contributed by atoms with E-state index in [-0.39, 0.29) is 12.8 Å². The molecule has 1 rings (SSSR count). The topological polar surface area (TPSA) is 9.23 Å². The minimum Gasteiger partial charge on any atom is -0.353 e. The molecule has 0 radical (unpaired) electrons. The second-order valence-electron chi connectivity index (χ2n) is 3.17. The van der Waals surface area contributed by atoms with Crippen LogP contribution >= 0.6 is 11.6 Å². The Morgan fingerprint density at radius 2 is 1.71 bits per heavy atom. The molecule has 7 heteroatoms. The summed E-state index contributed by atoms with van der Waals surface area (Å²) in [5.41, 5.74) is -0.904. The summed E-state index contributed by atoms with van der Waals surface area (Å²) in [6, 6.07) is 0. The molecular weight excluding hydrogens is 231 g/mol. The normalized spacial score (nSPS) is 29.6. The molecule has 0 aliphatic carbocycles. The third-order valence-corrected chi connectivity index (χ3v) is 2.20. The van der Waals surface area contributed by atoms with Crippen LogP contribution < -0.4 is 0 Å². The summed E-state index contributed by atoms with van der Waals surface area (Å²) in [5.74, 6) is -3.89. The first-order chi connectivity index (χ1) is 6.21. The first-order valence-corrected chi connectivity index (χ1v) is 4.38. The number of rotatable bonds is 2. The largest absolute Gasteiger partial charge is 0.394 e. The fourth-order valence-corrected chi connectivity index (χ4v) is 1.54. The maximum atomic E-state index is 12.9. The van der Waals surface area contributed by atoms with Gasteiger partial charge in [-0.3, -0.25) is 0 Å². The van der Waals surface area contributed by atoms with Crippen molar-refractivity contribution in [1.82, 2.24) is 0 Å². The quantitative estimate of drug-likeness (QED) is 0.530. The summed E-state index contributed by atoms with van der Waals surface area (Å²) in [7, 11) is 0. The van der Waals surface area contributed by atoms with Crippen molar-refractivity contribution in [3.05, 3.63) is 0 Å². The van der Waals surface area contributed by atoms with Gasteiger partial charge in [-0.25, -0.2) is 8.78 Å². The van der Waals surface area contributed by atoms with E-state index in [4.69, 9.17) is 11.6 Å². The summed E-state index contributed by atoms with van der Waals surface area (Å²) in [5, 5.41) is 0. The van der Waals surface area contributed by atoms with Crippen LogP contribution in [0, 0.1) is 0 Å². The number of alkyl halides is 6. The zero-order valence-electron chi connectivity index (χ0n) is 6.95. The van der Waals surface area contributed by atoms with Crippen LogP contribution in [0.5, 0.6) is 0 Å². The molecule has 0 N–H and O–H groups in total. The fraction of sp³-hybridized carbons (Fsp3) is 1.00. The smallest absolute Gasteiger partial charge is 0.353 e. The third-order valence-electron chi connectivity index (χ3n) is 1.87. The van der Waals surface area contributed by atoms with Crippen LogP contribution in [-0.4, -0.2) is 23.8 Å². The Labute approximate surface area is 82.2 Å². The molecule has 0 bridgehead atoms. The highest BCUT2D eigenvalue weighted by molar-refractivity contribution is 6.19. The van der Waals surface area contributed by atoms with E-state index in [0.29, 0.717) is 0 Å². The van der Waals surface area contributed by atoms with E-state index in [0.717, 1.165) is 0 Å². The lowest BCUT2D eigenvalue weighted by Crippen LogP contribution is -2.37. The van der Waals surface area contributed by atoms with Crippen LogP contribution in [0.15, 0.2) is 0 Å². The Morgan fingerprint density at radius 3 is 2.07 bits per heavy atom. The van der Waals surface area contributed by atoms with Gasteiger partial charge in [-0.05, 0) is 12.8 Å². The number of halogens is 6. The molecule has 1 nitrogen and oxygen atoms in total. The lowest BCUT2D eigenvalue weighted by molar-refractivity contribution is -0.217. The number of hydrogen-bond donors (Lipinski definition) is 0. The van der Waals surface area contributed by atoms with Gasteiger partial charge in [-0.15, -0.1) is 0 Å². The average Bonchev–Trinajstić information content (AvgIpc) is 2.29. The molecule has 84 valence electrons. The van der Waals surface area contributed by atoms with Crippen molar-refractivity contribution < 1.29 is 26.7 Å². The lowest BCUT2D eigenvalue weighted by atomic mass is 10.1. The van der Waals surface area contributed by atoms with E-state index in [1.807, 2.05) is 0 Å². The second kappa shape index (κ2) is 3.81. The molecule has 1 saturated heterocycles. The van der Waals surface area contributed by atoms with Gasteiger partial charge in [0.1, 0.15) is 18.1 Å². The molecule has 1 fully saturated rings. The second-order valence-corrected chi connectivity index (χ2v) is 3.65. The Morgan fingerprint density at radius 1 is 1.14 bits per heavy atom. The molecule has 2 atom stereocenters. The Kier molecular flexibility index (Phi) is 3.26. The van der Waals surface area contributed by atoms with Crippen molar-refractivity contribution in [3.63, 3.8) is 0 Å². The summed E-state index contributed by atoms with van der Waals surface area (Å²) in [6.45, 7) is 0.